The summed E-state index contributed by atoms with van der Waals surface area (Å²) in [7, 11) is 0. The van der Waals surface area contributed by atoms with Crippen LogP contribution in [0.2, 0.25) is 5.15 Å². The van der Waals surface area contributed by atoms with Gasteiger partial charge in [-0.3, -0.25) is 4.99 Å². The van der Waals surface area contributed by atoms with Gasteiger partial charge >= 0.3 is 0 Å². The molecule has 0 unspecified atom stereocenters. The fourth-order valence-corrected chi connectivity index (χ4v) is 3.25. The van der Waals surface area contributed by atoms with Crippen molar-refractivity contribution in [2.45, 2.75) is 33.1 Å². The molecule has 2 aromatic heterocycles. The van der Waals surface area contributed by atoms with Crippen molar-refractivity contribution in [2.75, 3.05) is 19.6 Å². The number of benzene rings is 1. The third-order valence-electron chi connectivity index (χ3n) is 4.73. The number of hydrogen-bond acceptors (Lipinski definition) is 3. The summed E-state index contributed by atoms with van der Waals surface area (Å²) in [5.74, 6) is 0.844. The molecule has 0 fully saturated rings. The molecular formula is C23H30ClIN6. The summed E-state index contributed by atoms with van der Waals surface area (Å²) in [6, 6.07) is 14.0. The molecule has 0 spiro atoms. The number of rotatable bonds is 9. The lowest BCUT2D eigenvalue weighted by molar-refractivity contribution is 0.775. The molecule has 31 heavy (non-hydrogen) atoms. The Hall–Kier alpha value is -2.13. The Labute approximate surface area is 206 Å². The second-order valence-corrected chi connectivity index (χ2v) is 7.44. The molecule has 0 saturated heterocycles. The Kier molecular flexibility index (Phi) is 10.8. The molecular weight excluding hydrogens is 523 g/mol. The van der Waals surface area contributed by atoms with Gasteiger partial charge in [0.15, 0.2) is 5.96 Å². The zero-order chi connectivity index (χ0) is 21.2. The Balaban J connectivity index is 0.00000341. The number of aromatic nitrogens is 3. The summed E-state index contributed by atoms with van der Waals surface area (Å²) in [5.41, 5.74) is 4.57. The van der Waals surface area contributed by atoms with Crippen LogP contribution in [0.3, 0.4) is 0 Å². The van der Waals surface area contributed by atoms with Crippen LogP contribution in [0.25, 0.3) is 5.69 Å². The largest absolute Gasteiger partial charge is 0.357 e. The number of pyridine rings is 1. The van der Waals surface area contributed by atoms with Crippen molar-refractivity contribution in [3.8, 4) is 5.69 Å². The molecule has 0 aliphatic rings. The number of hydrogen-bond donors (Lipinski definition) is 2. The molecule has 2 N–H and O–H groups in total. The second-order valence-electron chi connectivity index (χ2n) is 7.05. The molecule has 0 amide bonds. The average molecular weight is 553 g/mol. The van der Waals surface area contributed by atoms with Gasteiger partial charge in [-0.1, -0.05) is 35.9 Å². The molecule has 0 radical (unpaired) electrons. The number of nitrogens with one attached hydrogen (secondary N) is 2. The van der Waals surface area contributed by atoms with Gasteiger partial charge in [-0.05, 0) is 62.4 Å². The predicted octanol–water partition coefficient (Wildman–Crippen LogP) is 4.58. The molecule has 8 heteroatoms. The average Bonchev–Trinajstić information content (AvgIpc) is 3.14. The number of aryl methyl sites for hydroxylation is 2. The van der Waals surface area contributed by atoms with Gasteiger partial charge in [-0.2, -0.15) is 5.10 Å². The minimum atomic E-state index is 0. The molecule has 2 heterocycles. The van der Waals surface area contributed by atoms with Crippen molar-refractivity contribution in [2.24, 2.45) is 4.99 Å². The van der Waals surface area contributed by atoms with E-state index in [1.807, 2.05) is 41.2 Å². The summed E-state index contributed by atoms with van der Waals surface area (Å²) in [6.07, 6.45) is 6.73. The first-order chi connectivity index (χ1) is 14.7. The lowest BCUT2D eigenvalue weighted by atomic mass is 10.1. The van der Waals surface area contributed by atoms with Crippen LogP contribution in [0.1, 0.15) is 30.2 Å². The molecule has 0 bridgehead atoms. The van der Waals surface area contributed by atoms with E-state index in [9.17, 15) is 0 Å². The maximum atomic E-state index is 5.83. The SMILES string of the molecule is CCNC(=NCCCc1cn(-c2ccccc2)nc1C)NCCc1ccc(Cl)nc1.I. The van der Waals surface area contributed by atoms with Crippen LogP contribution in [0, 0.1) is 6.92 Å². The monoisotopic (exact) mass is 552 g/mol. The van der Waals surface area contributed by atoms with E-state index in [4.69, 9.17) is 16.6 Å². The van der Waals surface area contributed by atoms with Crippen molar-refractivity contribution in [1.29, 1.82) is 0 Å². The zero-order valence-electron chi connectivity index (χ0n) is 18.0. The highest BCUT2D eigenvalue weighted by molar-refractivity contribution is 14.0. The molecule has 1 aromatic carbocycles. The molecule has 0 saturated carbocycles. The van der Waals surface area contributed by atoms with E-state index in [2.05, 4.69) is 52.9 Å². The molecule has 6 nitrogen and oxygen atoms in total. The minimum Gasteiger partial charge on any atom is -0.357 e. The summed E-state index contributed by atoms with van der Waals surface area (Å²) < 4.78 is 1.95. The van der Waals surface area contributed by atoms with Gasteiger partial charge in [0.25, 0.3) is 0 Å². The molecule has 166 valence electrons. The highest BCUT2D eigenvalue weighted by Gasteiger charge is 2.06. The van der Waals surface area contributed by atoms with Crippen LogP contribution >= 0.6 is 35.6 Å². The lowest BCUT2D eigenvalue weighted by Gasteiger charge is -2.11. The van der Waals surface area contributed by atoms with Crippen LogP contribution in [0.15, 0.2) is 59.9 Å². The normalized spacial score (nSPS) is 11.1. The number of nitrogens with zero attached hydrogens (tertiary/aromatic N) is 4. The molecule has 3 rings (SSSR count). The number of halogens is 2. The van der Waals surface area contributed by atoms with E-state index in [-0.39, 0.29) is 24.0 Å². The first-order valence-corrected chi connectivity index (χ1v) is 10.8. The second kappa shape index (κ2) is 13.3. The van der Waals surface area contributed by atoms with E-state index in [0.717, 1.165) is 61.8 Å². The predicted molar refractivity (Wildman–Crippen MR) is 139 cm³/mol. The van der Waals surface area contributed by atoms with Crippen molar-refractivity contribution in [3.05, 3.63) is 76.8 Å². The highest BCUT2D eigenvalue weighted by Crippen LogP contribution is 2.13. The molecule has 0 aliphatic carbocycles. The Morgan fingerprint density at radius 1 is 1.10 bits per heavy atom. The van der Waals surface area contributed by atoms with E-state index in [0.29, 0.717) is 5.15 Å². The standard InChI is InChI=1S/C23H29ClN6.HI/c1-3-25-23(27-15-13-19-11-12-22(24)28-16-19)26-14-7-8-20-17-30(29-18(20)2)21-9-5-4-6-10-21;/h4-6,9-12,16-17H,3,7-8,13-15H2,1-2H3,(H2,25,26,27);1H. The maximum Gasteiger partial charge on any atom is 0.191 e. The lowest BCUT2D eigenvalue weighted by Crippen LogP contribution is -2.38. The van der Waals surface area contributed by atoms with Crippen LogP contribution in [0.5, 0.6) is 0 Å². The topological polar surface area (TPSA) is 67.1 Å². The minimum absolute atomic E-state index is 0. The van der Waals surface area contributed by atoms with E-state index >= 15 is 0 Å². The van der Waals surface area contributed by atoms with Gasteiger partial charge in [0.2, 0.25) is 0 Å². The number of guanidine groups is 1. The van der Waals surface area contributed by atoms with Crippen molar-refractivity contribution in [3.63, 3.8) is 0 Å². The van der Waals surface area contributed by atoms with E-state index < -0.39 is 0 Å². The van der Waals surface area contributed by atoms with E-state index in [1.165, 1.54) is 5.56 Å². The quantitative estimate of drug-likeness (QED) is 0.134. The number of aliphatic imine (C=N–C) groups is 1. The van der Waals surface area contributed by atoms with Gasteiger partial charge in [-0.25, -0.2) is 9.67 Å². The molecule has 3 aromatic rings. The van der Waals surface area contributed by atoms with Gasteiger partial charge in [-0.15, -0.1) is 24.0 Å². The van der Waals surface area contributed by atoms with Crippen molar-refractivity contribution < 1.29 is 0 Å². The first kappa shape index (κ1) is 25.1. The molecule has 0 atom stereocenters. The van der Waals surface area contributed by atoms with Gasteiger partial charge in [0.05, 0.1) is 11.4 Å². The Morgan fingerprint density at radius 3 is 2.61 bits per heavy atom. The third-order valence-corrected chi connectivity index (χ3v) is 4.96. The van der Waals surface area contributed by atoms with Crippen molar-refractivity contribution >= 4 is 41.5 Å². The number of para-hydroxylation sites is 1. The smallest absolute Gasteiger partial charge is 0.191 e. The van der Waals surface area contributed by atoms with Crippen molar-refractivity contribution in [1.82, 2.24) is 25.4 Å². The van der Waals surface area contributed by atoms with Crippen LogP contribution < -0.4 is 10.6 Å². The van der Waals surface area contributed by atoms with Gasteiger partial charge < -0.3 is 10.6 Å². The zero-order valence-corrected chi connectivity index (χ0v) is 21.1. The van der Waals surface area contributed by atoms with Crippen LogP contribution in [-0.4, -0.2) is 40.4 Å². The van der Waals surface area contributed by atoms with Crippen LogP contribution in [0.4, 0.5) is 0 Å². The fourth-order valence-electron chi connectivity index (χ4n) is 3.14. The van der Waals surface area contributed by atoms with E-state index in [1.54, 1.807) is 0 Å². The Bertz CT molecular complexity index is 940. The summed E-state index contributed by atoms with van der Waals surface area (Å²) in [6.45, 7) is 6.51. The van der Waals surface area contributed by atoms with Gasteiger partial charge in [0, 0.05) is 32.0 Å². The summed E-state index contributed by atoms with van der Waals surface area (Å²) in [5, 5.41) is 11.8. The highest BCUT2D eigenvalue weighted by atomic mass is 127. The third kappa shape index (κ3) is 8.14. The first-order valence-electron chi connectivity index (χ1n) is 10.4. The fraction of sp³-hybridized carbons (Fsp3) is 0.348. The Morgan fingerprint density at radius 2 is 1.90 bits per heavy atom. The summed E-state index contributed by atoms with van der Waals surface area (Å²) in [4.78, 5) is 8.81. The van der Waals surface area contributed by atoms with Gasteiger partial charge in [0.1, 0.15) is 5.15 Å². The molecule has 0 aliphatic heterocycles. The maximum absolute atomic E-state index is 5.83. The van der Waals surface area contributed by atoms with Crippen LogP contribution in [-0.2, 0) is 12.8 Å². The summed E-state index contributed by atoms with van der Waals surface area (Å²) >= 11 is 5.83.